The fourth-order valence-corrected chi connectivity index (χ4v) is 4.62. The van der Waals surface area contributed by atoms with E-state index in [1.165, 1.54) is 16.4 Å². The van der Waals surface area contributed by atoms with E-state index in [4.69, 9.17) is 5.73 Å². The maximum Gasteiger partial charge on any atom is 0.243 e. The van der Waals surface area contributed by atoms with Crippen LogP contribution in [0.1, 0.15) is 12.8 Å². The van der Waals surface area contributed by atoms with Gasteiger partial charge in [-0.1, -0.05) is 0 Å². The van der Waals surface area contributed by atoms with Crippen LogP contribution in [0.15, 0.2) is 29.2 Å². The molecule has 1 heterocycles. The minimum absolute atomic E-state index is 0.200. The van der Waals surface area contributed by atoms with Crippen molar-refractivity contribution in [3.05, 3.63) is 24.3 Å². The Morgan fingerprint density at radius 3 is 2.10 bits per heavy atom. The van der Waals surface area contributed by atoms with Gasteiger partial charge in [-0.05, 0) is 37.1 Å². The summed E-state index contributed by atoms with van der Waals surface area (Å²) in [6, 6.07) is 5.84. The average molecular weight is 333 g/mol. The van der Waals surface area contributed by atoms with Gasteiger partial charge in [-0.15, -0.1) is 0 Å². The predicted molar refractivity (Wildman–Crippen MR) is 80.6 cm³/mol. The molecule has 0 aliphatic carbocycles. The van der Waals surface area contributed by atoms with Gasteiger partial charge in [0.15, 0.2) is 0 Å². The number of rotatable bonds is 4. The van der Waals surface area contributed by atoms with Crippen molar-refractivity contribution in [2.45, 2.75) is 23.8 Å². The molecule has 1 aliphatic rings. The van der Waals surface area contributed by atoms with E-state index in [1.54, 1.807) is 12.1 Å². The Morgan fingerprint density at radius 1 is 1.10 bits per heavy atom. The quantitative estimate of drug-likeness (QED) is 0.752. The first kappa shape index (κ1) is 16.2. The van der Waals surface area contributed by atoms with Gasteiger partial charge in [0.05, 0.1) is 11.2 Å². The summed E-state index contributed by atoms with van der Waals surface area (Å²) in [7, 11) is -6.81. The van der Waals surface area contributed by atoms with Crippen molar-refractivity contribution in [1.82, 2.24) is 9.03 Å². The number of piperidine rings is 1. The number of hydrogen-bond acceptors (Lipinski definition) is 5. The first-order valence-corrected chi connectivity index (χ1v) is 9.84. The van der Waals surface area contributed by atoms with Gasteiger partial charge in [-0.2, -0.15) is 4.31 Å². The average Bonchev–Trinajstić information content (AvgIpc) is 2.38. The van der Waals surface area contributed by atoms with Crippen molar-refractivity contribution in [3.8, 4) is 0 Å². The van der Waals surface area contributed by atoms with Gasteiger partial charge in [0, 0.05) is 24.8 Å². The maximum atomic E-state index is 12.4. The normalized spacial score (nSPS) is 18.7. The molecule has 0 atom stereocenters. The number of hydrogen-bond donors (Lipinski definition) is 2. The summed E-state index contributed by atoms with van der Waals surface area (Å²) in [4.78, 5) is 0.200. The minimum Gasteiger partial charge on any atom is -0.399 e. The van der Waals surface area contributed by atoms with Crippen LogP contribution in [0.5, 0.6) is 0 Å². The molecular weight excluding hydrogens is 314 g/mol. The lowest BCUT2D eigenvalue weighted by molar-refractivity contribution is 0.309. The zero-order valence-corrected chi connectivity index (χ0v) is 13.3. The second-order valence-electron chi connectivity index (χ2n) is 5.14. The van der Waals surface area contributed by atoms with Crippen LogP contribution in [0.3, 0.4) is 0 Å². The molecule has 0 amide bonds. The van der Waals surface area contributed by atoms with Crippen molar-refractivity contribution in [3.63, 3.8) is 0 Å². The van der Waals surface area contributed by atoms with Crippen LogP contribution in [0.25, 0.3) is 0 Å². The van der Waals surface area contributed by atoms with E-state index in [2.05, 4.69) is 4.72 Å². The Kier molecular flexibility index (Phi) is 4.57. The highest BCUT2D eigenvalue weighted by Gasteiger charge is 2.30. The number of anilines is 1. The Bertz CT molecular complexity index is 691. The molecule has 0 spiro atoms. The van der Waals surface area contributed by atoms with E-state index in [0.29, 0.717) is 31.6 Å². The van der Waals surface area contributed by atoms with E-state index in [9.17, 15) is 16.8 Å². The van der Waals surface area contributed by atoms with Crippen molar-refractivity contribution >= 4 is 25.7 Å². The molecule has 7 nitrogen and oxygen atoms in total. The zero-order valence-electron chi connectivity index (χ0n) is 11.7. The Labute approximate surface area is 125 Å². The molecule has 2 rings (SSSR count). The predicted octanol–water partition coefficient (Wildman–Crippen LogP) is -0.0289. The molecule has 0 saturated carbocycles. The first-order chi connectivity index (χ1) is 9.68. The highest BCUT2D eigenvalue weighted by Crippen LogP contribution is 2.21. The number of nitrogen functional groups attached to an aromatic ring is 1. The number of nitrogens with zero attached hydrogens (tertiary/aromatic N) is 1. The van der Waals surface area contributed by atoms with Crippen LogP contribution in [0.2, 0.25) is 0 Å². The van der Waals surface area contributed by atoms with Crippen molar-refractivity contribution in [2.24, 2.45) is 0 Å². The molecule has 1 fully saturated rings. The van der Waals surface area contributed by atoms with Crippen LogP contribution >= 0.6 is 0 Å². The summed E-state index contributed by atoms with van der Waals surface area (Å²) in [5.41, 5.74) is 6.06. The third kappa shape index (κ3) is 4.16. The number of sulfonamides is 2. The molecule has 3 N–H and O–H groups in total. The monoisotopic (exact) mass is 333 g/mol. The van der Waals surface area contributed by atoms with Gasteiger partial charge >= 0.3 is 0 Å². The fraction of sp³-hybridized carbons (Fsp3) is 0.500. The number of nitrogens with one attached hydrogen (secondary N) is 1. The van der Waals surface area contributed by atoms with E-state index >= 15 is 0 Å². The summed E-state index contributed by atoms with van der Waals surface area (Å²) in [5, 5.41) is 0. The lowest BCUT2D eigenvalue weighted by Gasteiger charge is -2.31. The van der Waals surface area contributed by atoms with Gasteiger partial charge in [0.2, 0.25) is 20.0 Å². The van der Waals surface area contributed by atoms with E-state index in [-0.39, 0.29) is 10.9 Å². The maximum absolute atomic E-state index is 12.4. The van der Waals surface area contributed by atoms with Crippen LogP contribution < -0.4 is 10.5 Å². The largest absolute Gasteiger partial charge is 0.399 e. The van der Waals surface area contributed by atoms with Crippen LogP contribution in [-0.2, 0) is 20.0 Å². The molecule has 1 saturated heterocycles. The molecule has 21 heavy (non-hydrogen) atoms. The van der Waals surface area contributed by atoms with Crippen molar-refractivity contribution in [1.29, 1.82) is 0 Å². The standard InChI is InChI=1S/C12H19N3O4S2/c1-20(16,17)14-11-6-8-15(9-7-11)21(18,19)12-4-2-10(13)3-5-12/h2-5,11,14H,6-9,13H2,1H3. The lowest BCUT2D eigenvalue weighted by atomic mass is 10.1. The lowest BCUT2D eigenvalue weighted by Crippen LogP contribution is -2.46. The van der Waals surface area contributed by atoms with Crippen molar-refractivity contribution in [2.75, 3.05) is 25.1 Å². The molecule has 0 bridgehead atoms. The number of benzene rings is 1. The van der Waals surface area contributed by atoms with Crippen molar-refractivity contribution < 1.29 is 16.8 Å². The molecule has 1 aromatic rings. The van der Waals surface area contributed by atoms with Crippen LogP contribution in [0, 0.1) is 0 Å². The van der Waals surface area contributed by atoms with Gasteiger partial charge in [0.1, 0.15) is 0 Å². The third-order valence-electron chi connectivity index (χ3n) is 3.35. The van der Waals surface area contributed by atoms with Gasteiger partial charge in [-0.3, -0.25) is 0 Å². The number of nitrogens with two attached hydrogens (primary N) is 1. The molecule has 1 aliphatic heterocycles. The van der Waals surface area contributed by atoms with E-state index < -0.39 is 20.0 Å². The second-order valence-corrected chi connectivity index (χ2v) is 8.86. The van der Waals surface area contributed by atoms with E-state index in [1.807, 2.05) is 0 Å². The second kappa shape index (κ2) is 5.91. The Morgan fingerprint density at radius 2 is 1.62 bits per heavy atom. The van der Waals surface area contributed by atoms with Gasteiger partial charge in [0.25, 0.3) is 0 Å². The summed E-state index contributed by atoms with van der Waals surface area (Å²) in [6.07, 6.45) is 2.02. The van der Waals surface area contributed by atoms with Gasteiger partial charge in [-0.25, -0.2) is 21.6 Å². The first-order valence-electron chi connectivity index (χ1n) is 6.51. The van der Waals surface area contributed by atoms with Gasteiger partial charge < -0.3 is 5.73 Å². The topological polar surface area (TPSA) is 110 Å². The Balaban J connectivity index is 2.06. The van der Waals surface area contributed by atoms with Crippen LogP contribution in [-0.4, -0.2) is 46.5 Å². The molecule has 0 radical (unpaired) electrons. The molecule has 118 valence electrons. The smallest absolute Gasteiger partial charge is 0.243 e. The summed E-state index contributed by atoms with van der Waals surface area (Å²) in [5.74, 6) is 0. The Hall–Kier alpha value is -1.16. The molecule has 0 aromatic heterocycles. The summed E-state index contributed by atoms with van der Waals surface area (Å²) >= 11 is 0. The molecule has 9 heteroatoms. The zero-order chi connectivity index (χ0) is 15.7. The van der Waals surface area contributed by atoms with E-state index in [0.717, 1.165) is 6.26 Å². The summed E-state index contributed by atoms with van der Waals surface area (Å²) in [6.45, 7) is 0.583. The summed E-state index contributed by atoms with van der Waals surface area (Å²) < 4.78 is 51.1. The van der Waals surface area contributed by atoms with Crippen LogP contribution in [0.4, 0.5) is 5.69 Å². The highest BCUT2D eigenvalue weighted by atomic mass is 32.2. The molecular formula is C12H19N3O4S2. The SMILES string of the molecule is CS(=O)(=O)NC1CCN(S(=O)(=O)c2ccc(N)cc2)CC1. The minimum atomic E-state index is -3.55. The molecule has 1 aromatic carbocycles. The fourth-order valence-electron chi connectivity index (χ4n) is 2.31. The third-order valence-corrected chi connectivity index (χ3v) is 6.03. The highest BCUT2D eigenvalue weighted by molar-refractivity contribution is 7.89. The molecule has 0 unspecified atom stereocenters.